The smallest absolute Gasteiger partial charge is 0.335 e. The van der Waals surface area contributed by atoms with Crippen molar-refractivity contribution in [3.8, 4) is 28.4 Å². The van der Waals surface area contributed by atoms with Crippen LogP contribution in [0.15, 0.2) is 101 Å². The number of para-hydroxylation sites is 2. The van der Waals surface area contributed by atoms with Gasteiger partial charge >= 0.3 is 5.97 Å². The summed E-state index contributed by atoms with van der Waals surface area (Å²) in [6.45, 7) is 0. The zero-order chi connectivity index (χ0) is 27.6. The van der Waals surface area contributed by atoms with Gasteiger partial charge in [0.1, 0.15) is 5.69 Å². The van der Waals surface area contributed by atoms with E-state index < -0.39 is 5.97 Å². The first-order chi connectivity index (χ1) is 19.5. The Hall–Kier alpha value is -4.91. The molecule has 1 heterocycles. The standard InChI is InChI=1S/C33H29N3O4/c37-31-26(23-10-6-11-24(20-23)33(39)40)13-7-14-28(31)34-35-30-27-12-4-5-15-29(27)36(32(30)38)25-18-16-22(17-19-25)21-8-2-1-3-9-21/h4-7,10-21,37-38H,1-3,8-9H2,(H,39,40). The van der Waals surface area contributed by atoms with Crippen LogP contribution in [-0.2, 0) is 0 Å². The highest BCUT2D eigenvalue weighted by Crippen LogP contribution is 2.44. The van der Waals surface area contributed by atoms with Gasteiger partial charge in [0.05, 0.1) is 11.1 Å². The Balaban J connectivity index is 1.37. The van der Waals surface area contributed by atoms with Gasteiger partial charge in [-0.15, -0.1) is 10.2 Å². The number of rotatable bonds is 6. The van der Waals surface area contributed by atoms with E-state index in [0.717, 1.165) is 16.6 Å². The molecular weight excluding hydrogens is 502 g/mol. The van der Waals surface area contributed by atoms with Gasteiger partial charge in [0.25, 0.3) is 0 Å². The molecule has 0 unspecified atom stereocenters. The first-order valence-electron chi connectivity index (χ1n) is 13.5. The van der Waals surface area contributed by atoms with E-state index in [0.29, 0.717) is 22.7 Å². The van der Waals surface area contributed by atoms with Crippen LogP contribution >= 0.6 is 0 Å². The topological polar surface area (TPSA) is 107 Å². The van der Waals surface area contributed by atoms with Crippen molar-refractivity contribution in [1.29, 1.82) is 0 Å². The predicted octanol–water partition coefficient (Wildman–Crippen LogP) is 8.87. The summed E-state index contributed by atoms with van der Waals surface area (Å²) in [5.74, 6) is -0.625. The van der Waals surface area contributed by atoms with Crippen LogP contribution in [0.1, 0.15) is 53.9 Å². The number of azo groups is 1. The third-order valence-corrected chi connectivity index (χ3v) is 7.74. The number of carboxylic acids is 1. The number of carboxylic acid groups (broad SMARTS) is 1. The number of aromatic carboxylic acids is 1. The Labute approximate surface area is 231 Å². The maximum absolute atomic E-state index is 11.4. The van der Waals surface area contributed by atoms with Crippen LogP contribution in [0.25, 0.3) is 27.7 Å². The van der Waals surface area contributed by atoms with Gasteiger partial charge in [-0.25, -0.2) is 4.79 Å². The van der Waals surface area contributed by atoms with Gasteiger partial charge in [0.15, 0.2) is 11.4 Å². The molecule has 1 aromatic heterocycles. The molecule has 7 nitrogen and oxygen atoms in total. The molecule has 6 rings (SSSR count). The monoisotopic (exact) mass is 531 g/mol. The highest BCUT2D eigenvalue weighted by Gasteiger charge is 2.20. The molecule has 0 aliphatic heterocycles. The zero-order valence-corrected chi connectivity index (χ0v) is 21.9. The second-order valence-corrected chi connectivity index (χ2v) is 10.2. The molecule has 0 radical (unpaired) electrons. The summed E-state index contributed by atoms with van der Waals surface area (Å²) >= 11 is 0. The minimum absolute atomic E-state index is 0.0415. The third kappa shape index (κ3) is 4.71. The van der Waals surface area contributed by atoms with Crippen molar-refractivity contribution in [1.82, 2.24) is 4.57 Å². The lowest BCUT2D eigenvalue weighted by Crippen LogP contribution is -2.04. The van der Waals surface area contributed by atoms with E-state index in [1.165, 1.54) is 49.8 Å². The normalized spacial score (nSPS) is 14.2. The van der Waals surface area contributed by atoms with Crippen molar-refractivity contribution in [3.05, 3.63) is 102 Å². The molecule has 40 heavy (non-hydrogen) atoms. The average Bonchev–Trinajstić information content (AvgIpc) is 3.28. The van der Waals surface area contributed by atoms with Crippen LogP contribution < -0.4 is 0 Å². The van der Waals surface area contributed by atoms with E-state index in [2.05, 4.69) is 22.4 Å². The van der Waals surface area contributed by atoms with Gasteiger partial charge in [-0.2, -0.15) is 0 Å². The number of carbonyl (C=O) groups is 1. The molecule has 0 saturated heterocycles. The first kappa shape index (κ1) is 25.4. The van der Waals surface area contributed by atoms with Crippen LogP contribution in [0.3, 0.4) is 0 Å². The van der Waals surface area contributed by atoms with E-state index in [9.17, 15) is 20.1 Å². The predicted molar refractivity (Wildman–Crippen MR) is 155 cm³/mol. The number of fused-ring (bicyclic) bond motifs is 1. The van der Waals surface area contributed by atoms with Crippen LogP contribution in [-0.4, -0.2) is 25.9 Å². The van der Waals surface area contributed by atoms with Gasteiger partial charge < -0.3 is 15.3 Å². The SMILES string of the molecule is O=C(O)c1cccc(-c2cccc(N=Nc3c(O)n(-c4ccc(C5CCCCC5)cc4)c4ccccc34)c2O)c1. The van der Waals surface area contributed by atoms with E-state index >= 15 is 0 Å². The quantitative estimate of drug-likeness (QED) is 0.190. The average molecular weight is 532 g/mol. The number of phenols is 1. The van der Waals surface area contributed by atoms with Gasteiger partial charge in [0, 0.05) is 16.6 Å². The molecule has 3 N–H and O–H groups in total. The van der Waals surface area contributed by atoms with Crippen LogP contribution in [0.5, 0.6) is 11.6 Å². The summed E-state index contributed by atoms with van der Waals surface area (Å²) in [6, 6.07) is 27.4. The summed E-state index contributed by atoms with van der Waals surface area (Å²) < 4.78 is 1.77. The molecule has 1 aliphatic rings. The molecule has 0 atom stereocenters. The van der Waals surface area contributed by atoms with Crippen molar-refractivity contribution in [2.24, 2.45) is 10.2 Å². The molecular formula is C33H29N3O4. The molecule has 1 saturated carbocycles. The van der Waals surface area contributed by atoms with Crippen molar-refractivity contribution in [2.75, 3.05) is 0 Å². The van der Waals surface area contributed by atoms with Crippen molar-refractivity contribution >= 4 is 28.2 Å². The molecule has 1 fully saturated rings. The Morgan fingerprint density at radius 2 is 1.55 bits per heavy atom. The van der Waals surface area contributed by atoms with Crippen molar-refractivity contribution < 1.29 is 20.1 Å². The first-order valence-corrected chi connectivity index (χ1v) is 13.5. The summed E-state index contributed by atoms with van der Waals surface area (Å²) in [7, 11) is 0. The van der Waals surface area contributed by atoms with Gasteiger partial charge in [-0.05, 0) is 66.3 Å². The lowest BCUT2D eigenvalue weighted by Gasteiger charge is -2.22. The third-order valence-electron chi connectivity index (χ3n) is 7.74. The molecule has 5 aromatic rings. The van der Waals surface area contributed by atoms with E-state index in [4.69, 9.17) is 0 Å². The largest absolute Gasteiger partial charge is 0.505 e. The van der Waals surface area contributed by atoms with Crippen molar-refractivity contribution in [3.63, 3.8) is 0 Å². The fourth-order valence-electron chi connectivity index (χ4n) is 5.67. The maximum atomic E-state index is 11.4. The second kappa shape index (κ2) is 10.7. The van der Waals surface area contributed by atoms with Gasteiger partial charge in [0.2, 0.25) is 5.88 Å². The number of hydrogen-bond acceptors (Lipinski definition) is 5. The Morgan fingerprint density at radius 3 is 2.33 bits per heavy atom. The highest BCUT2D eigenvalue weighted by atomic mass is 16.4. The summed E-state index contributed by atoms with van der Waals surface area (Å²) in [5, 5.41) is 41.1. The van der Waals surface area contributed by atoms with Gasteiger partial charge in [-0.1, -0.05) is 73.9 Å². The molecule has 7 heteroatoms. The number of aromatic nitrogens is 1. The summed E-state index contributed by atoms with van der Waals surface area (Å²) in [4.78, 5) is 11.4. The fourth-order valence-corrected chi connectivity index (χ4v) is 5.67. The number of phenolic OH excluding ortho intramolecular Hbond substituents is 1. The highest BCUT2D eigenvalue weighted by molar-refractivity contribution is 5.96. The minimum atomic E-state index is -1.05. The van der Waals surface area contributed by atoms with Crippen molar-refractivity contribution in [2.45, 2.75) is 38.0 Å². The number of hydrogen-bond donors (Lipinski definition) is 3. The Morgan fingerprint density at radius 1 is 0.800 bits per heavy atom. The Kier molecular flexibility index (Phi) is 6.78. The molecule has 4 aromatic carbocycles. The van der Waals surface area contributed by atoms with Crippen LogP contribution in [0, 0.1) is 0 Å². The summed E-state index contributed by atoms with van der Waals surface area (Å²) in [5.41, 5.74) is 4.56. The van der Waals surface area contributed by atoms with Crippen LogP contribution in [0.4, 0.5) is 11.4 Å². The molecule has 200 valence electrons. The number of aromatic hydroxyl groups is 2. The lowest BCUT2D eigenvalue weighted by molar-refractivity contribution is 0.0697. The second-order valence-electron chi connectivity index (χ2n) is 10.2. The van der Waals surface area contributed by atoms with E-state index in [1.807, 2.05) is 36.4 Å². The maximum Gasteiger partial charge on any atom is 0.335 e. The van der Waals surface area contributed by atoms with Gasteiger partial charge in [-0.3, -0.25) is 4.57 Å². The fraction of sp³-hybridized carbons (Fsp3) is 0.182. The number of benzene rings is 4. The Bertz CT molecular complexity index is 1730. The molecule has 1 aliphatic carbocycles. The number of nitrogens with zero attached hydrogens (tertiary/aromatic N) is 3. The van der Waals surface area contributed by atoms with E-state index in [1.54, 1.807) is 34.9 Å². The lowest BCUT2D eigenvalue weighted by atomic mass is 9.84. The minimum Gasteiger partial charge on any atom is -0.505 e. The molecule has 0 bridgehead atoms. The van der Waals surface area contributed by atoms with Crippen LogP contribution in [0.2, 0.25) is 0 Å². The molecule has 0 amide bonds. The summed E-state index contributed by atoms with van der Waals surface area (Å²) in [6.07, 6.45) is 6.31. The van der Waals surface area contributed by atoms with E-state index in [-0.39, 0.29) is 22.9 Å². The molecule has 0 spiro atoms. The zero-order valence-electron chi connectivity index (χ0n) is 21.9.